The molecule has 19 heavy (non-hydrogen) atoms. The lowest BCUT2D eigenvalue weighted by atomic mass is 9.89. The second kappa shape index (κ2) is 4.46. The van der Waals surface area contributed by atoms with Crippen molar-refractivity contribution < 1.29 is 19.0 Å². The van der Waals surface area contributed by atoms with E-state index in [9.17, 15) is 4.79 Å². The highest BCUT2D eigenvalue weighted by atomic mass is 16.6. The van der Waals surface area contributed by atoms with Crippen molar-refractivity contribution in [3.05, 3.63) is 23.3 Å². The Morgan fingerprint density at radius 1 is 1.32 bits per heavy atom. The SMILES string of the molecule is O=C(OCC1OC2CC=C1CC2)C1=CC2OC2CC1. The number of hydrogen-bond acceptors (Lipinski definition) is 4. The molecule has 0 aromatic heterocycles. The van der Waals surface area contributed by atoms with E-state index in [1.165, 1.54) is 5.57 Å². The molecular formula is C15H18O4. The molecule has 2 fully saturated rings. The first-order chi connectivity index (χ1) is 9.29. The van der Waals surface area contributed by atoms with Crippen LogP contribution in [0.25, 0.3) is 0 Å². The van der Waals surface area contributed by atoms with Gasteiger partial charge in [-0.05, 0) is 43.8 Å². The van der Waals surface area contributed by atoms with E-state index in [2.05, 4.69) is 6.08 Å². The lowest BCUT2D eigenvalue weighted by Crippen LogP contribution is -2.37. The van der Waals surface area contributed by atoms with Crippen molar-refractivity contribution in [3.8, 4) is 0 Å². The fourth-order valence-electron chi connectivity index (χ4n) is 3.24. The van der Waals surface area contributed by atoms with E-state index in [1.54, 1.807) is 0 Å². The molecule has 3 aliphatic heterocycles. The molecule has 4 heteroatoms. The van der Waals surface area contributed by atoms with Crippen LogP contribution in [0.3, 0.4) is 0 Å². The van der Waals surface area contributed by atoms with Crippen LogP contribution in [-0.2, 0) is 19.0 Å². The Morgan fingerprint density at radius 3 is 2.95 bits per heavy atom. The van der Waals surface area contributed by atoms with Crippen molar-refractivity contribution in [1.29, 1.82) is 0 Å². The standard InChI is InChI=1S/C15H18O4/c16-15(10-3-6-12-13(7-10)19-12)17-8-14-9-1-4-11(18-14)5-2-9/h1,7,11-14H,2-6,8H2. The minimum absolute atomic E-state index is 0.00874. The molecule has 5 rings (SSSR count). The Bertz CT molecular complexity index is 465. The first kappa shape index (κ1) is 11.7. The van der Waals surface area contributed by atoms with Gasteiger partial charge in [0.15, 0.2) is 0 Å². The van der Waals surface area contributed by atoms with Gasteiger partial charge in [0.1, 0.15) is 18.8 Å². The maximum Gasteiger partial charge on any atom is 0.333 e. The first-order valence-corrected chi connectivity index (χ1v) is 7.17. The highest BCUT2D eigenvalue weighted by Gasteiger charge is 2.41. The summed E-state index contributed by atoms with van der Waals surface area (Å²) in [7, 11) is 0. The van der Waals surface area contributed by atoms with Gasteiger partial charge in [0.25, 0.3) is 0 Å². The second-order valence-electron chi connectivity index (χ2n) is 5.77. The van der Waals surface area contributed by atoms with E-state index in [0.717, 1.165) is 37.7 Å². The maximum atomic E-state index is 12.0. The van der Waals surface area contributed by atoms with Gasteiger partial charge in [-0.3, -0.25) is 0 Å². The number of ether oxygens (including phenoxy) is 3. The van der Waals surface area contributed by atoms with Gasteiger partial charge in [0.05, 0.1) is 12.2 Å². The average Bonchev–Trinajstić information content (AvgIpc) is 3.24. The van der Waals surface area contributed by atoms with Crippen LogP contribution in [0, 0.1) is 0 Å². The van der Waals surface area contributed by atoms with Crippen molar-refractivity contribution in [3.63, 3.8) is 0 Å². The van der Waals surface area contributed by atoms with E-state index in [0.29, 0.717) is 18.8 Å². The third kappa shape index (κ3) is 2.23. The van der Waals surface area contributed by atoms with Gasteiger partial charge in [0.2, 0.25) is 0 Å². The molecule has 0 N–H and O–H groups in total. The molecule has 0 aromatic carbocycles. The Kier molecular flexibility index (Phi) is 2.74. The molecule has 4 unspecified atom stereocenters. The first-order valence-electron chi connectivity index (χ1n) is 7.17. The Balaban J connectivity index is 1.34. The number of hydrogen-bond donors (Lipinski definition) is 0. The second-order valence-corrected chi connectivity index (χ2v) is 5.77. The molecule has 4 atom stereocenters. The summed E-state index contributed by atoms with van der Waals surface area (Å²) in [5, 5.41) is 0. The van der Waals surface area contributed by atoms with Gasteiger partial charge in [-0.1, -0.05) is 6.08 Å². The fraction of sp³-hybridized carbons (Fsp3) is 0.667. The molecule has 2 aliphatic carbocycles. The summed E-state index contributed by atoms with van der Waals surface area (Å²) in [6.07, 6.45) is 9.96. The van der Waals surface area contributed by atoms with Crippen molar-refractivity contribution >= 4 is 5.97 Å². The zero-order valence-corrected chi connectivity index (χ0v) is 10.8. The predicted molar refractivity (Wildman–Crippen MR) is 67.5 cm³/mol. The minimum Gasteiger partial charge on any atom is -0.459 e. The van der Waals surface area contributed by atoms with Crippen LogP contribution in [0.2, 0.25) is 0 Å². The molecule has 0 radical (unpaired) electrons. The molecule has 0 amide bonds. The van der Waals surface area contributed by atoms with Gasteiger partial charge in [-0.15, -0.1) is 0 Å². The molecule has 4 nitrogen and oxygen atoms in total. The molecule has 5 aliphatic rings. The lowest BCUT2D eigenvalue weighted by molar-refractivity contribution is -0.145. The Hall–Kier alpha value is -1.13. The normalized spacial score (nSPS) is 39.2. The summed E-state index contributed by atoms with van der Waals surface area (Å²) in [5.74, 6) is -0.195. The van der Waals surface area contributed by atoms with E-state index in [4.69, 9.17) is 14.2 Å². The summed E-state index contributed by atoms with van der Waals surface area (Å²) in [5.41, 5.74) is 2.08. The summed E-state index contributed by atoms with van der Waals surface area (Å²) >= 11 is 0. The van der Waals surface area contributed by atoms with E-state index < -0.39 is 0 Å². The van der Waals surface area contributed by atoms with E-state index in [1.807, 2.05) is 6.08 Å². The number of epoxide rings is 1. The zero-order chi connectivity index (χ0) is 12.8. The third-order valence-corrected chi connectivity index (χ3v) is 4.48. The molecule has 102 valence electrons. The molecule has 0 saturated carbocycles. The zero-order valence-electron chi connectivity index (χ0n) is 10.8. The summed E-state index contributed by atoms with van der Waals surface area (Å²) in [6, 6.07) is 0. The molecule has 0 spiro atoms. The smallest absolute Gasteiger partial charge is 0.333 e. The Labute approximate surface area is 112 Å². The molecule has 0 aromatic rings. The highest BCUT2D eigenvalue weighted by Crippen LogP contribution is 2.36. The molecule has 2 saturated heterocycles. The highest BCUT2D eigenvalue weighted by molar-refractivity contribution is 5.89. The van der Waals surface area contributed by atoms with Crippen LogP contribution in [0.5, 0.6) is 0 Å². The molecular weight excluding hydrogens is 244 g/mol. The van der Waals surface area contributed by atoms with Crippen molar-refractivity contribution in [1.82, 2.24) is 0 Å². The largest absolute Gasteiger partial charge is 0.459 e. The summed E-state index contributed by atoms with van der Waals surface area (Å²) in [6.45, 7) is 0.355. The topological polar surface area (TPSA) is 48.1 Å². The number of carbonyl (C=O) groups is 1. The fourth-order valence-corrected chi connectivity index (χ4v) is 3.24. The van der Waals surface area contributed by atoms with Crippen molar-refractivity contribution in [2.75, 3.05) is 6.61 Å². The minimum atomic E-state index is -0.195. The third-order valence-electron chi connectivity index (χ3n) is 4.48. The molecule has 2 bridgehead atoms. The van der Waals surface area contributed by atoms with E-state index >= 15 is 0 Å². The lowest BCUT2D eigenvalue weighted by Gasteiger charge is -2.36. The average molecular weight is 262 g/mol. The van der Waals surface area contributed by atoms with Gasteiger partial charge in [-0.2, -0.15) is 0 Å². The Morgan fingerprint density at radius 2 is 2.26 bits per heavy atom. The number of carbonyl (C=O) groups excluding carboxylic acids is 1. The van der Waals surface area contributed by atoms with Crippen molar-refractivity contribution in [2.45, 2.75) is 56.5 Å². The summed E-state index contributed by atoms with van der Waals surface area (Å²) < 4.78 is 16.6. The van der Waals surface area contributed by atoms with Gasteiger partial charge < -0.3 is 14.2 Å². The maximum absolute atomic E-state index is 12.0. The van der Waals surface area contributed by atoms with Crippen molar-refractivity contribution in [2.24, 2.45) is 0 Å². The van der Waals surface area contributed by atoms with Crippen LogP contribution >= 0.6 is 0 Å². The van der Waals surface area contributed by atoms with Gasteiger partial charge >= 0.3 is 5.97 Å². The molecule has 3 heterocycles. The van der Waals surface area contributed by atoms with Gasteiger partial charge in [0, 0.05) is 5.57 Å². The van der Waals surface area contributed by atoms with Crippen LogP contribution in [0.15, 0.2) is 23.3 Å². The van der Waals surface area contributed by atoms with Crippen LogP contribution in [-0.4, -0.2) is 37.0 Å². The van der Waals surface area contributed by atoms with Gasteiger partial charge in [-0.25, -0.2) is 4.79 Å². The van der Waals surface area contributed by atoms with Crippen LogP contribution < -0.4 is 0 Å². The number of rotatable bonds is 3. The van der Waals surface area contributed by atoms with Crippen LogP contribution in [0.4, 0.5) is 0 Å². The predicted octanol–water partition coefficient (Wildman–Crippen LogP) is 1.89. The van der Waals surface area contributed by atoms with E-state index in [-0.39, 0.29) is 18.2 Å². The van der Waals surface area contributed by atoms with Crippen LogP contribution in [0.1, 0.15) is 32.1 Å². The summed E-state index contributed by atoms with van der Waals surface area (Å²) in [4.78, 5) is 12.0. The quantitative estimate of drug-likeness (QED) is 0.443. The number of fused-ring (bicyclic) bond motifs is 4. The monoisotopic (exact) mass is 262 g/mol. The number of esters is 1.